The highest BCUT2D eigenvalue weighted by atomic mass is 16.4. The number of carbonyl (C=O) groups excluding carboxylic acids is 1. The summed E-state index contributed by atoms with van der Waals surface area (Å²) >= 11 is 0. The lowest BCUT2D eigenvalue weighted by molar-refractivity contribution is 0.0684. The number of hydrogen-bond donors (Lipinski definition) is 4. The molecule has 1 unspecified atom stereocenters. The fourth-order valence-corrected chi connectivity index (χ4v) is 1.70. The summed E-state index contributed by atoms with van der Waals surface area (Å²) in [6, 6.07) is 8.83. The van der Waals surface area contributed by atoms with Crippen molar-refractivity contribution in [3.63, 3.8) is 0 Å². The number of aromatic nitrogens is 2. The summed E-state index contributed by atoms with van der Waals surface area (Å²) in [5.41, 5.74) is 0.169. The maximum Gasteiger partial charge on any atom is 0.354 e. The van der Waals surface area contributed by atoms with E-state index >= 15 is 0 Å². The van der Waals surface area contributed by atoms with Crippen molar-refractivity contribution >= 4 is 11.9 Å². The quantitative estimate of drug-likeness (QED) is 0.636. The molecule has 7 heteroatoms. The lowest BCUT2D eigenvalue weighted by atomic mass is 10.1. The van der Waals surface area contributed by atoms with Gasteiger partial charge in [0.15, 0.2) is 11.4 Å². The van der Waals surface area contributed by atoms with Crippen LogP contribution in [0.2, 0.25) is 0 Å². The average Bonchev–Trinajstić information content (AvgIpc) is 2.95. The number of amides is 1. The third-order valence-electron chi connectivity index (χ3n) is 2.71. The highest BCUT2D eigenvalue weighted by Crippen LogP contribution is 2.11. The number of carbonyl (C=O) groups is 2. The number of aromatic carboxylic acids is 1. The second-order valence-corrected chi connectivity index (χ2v) is 4.07. The van der Waals surface area contributed by atoms with Gasteiger partial charge in [-0.3, -0.25) is 4.79 Å². The molecule has 1 aromatic heterocycles. The molecular formula is C13H13N3O4. The summed E-state index contributed by atoms with van der Waals surface area (Å²) in [6.45, 7) is -0.0330. The van der Waals surface area contributed by atoms with Gasteiger partial charge in [0.1, 0.15) is 0 Å². The molecule has 1 atom stereocenters. The second kappa shape index (κ2) is 5.98. The highest BCUT2D eigenvalue weighted by molar-refractivity contribution is 6.02. The minimum atomic E-state index is -1.27. The molecule has 0 radical (unpaired) electrons. The van der Waals surface area contributed by atoms with Crippen molar-refractivity contribution in [2.75, 3.05) is 6.54 Å². The van der Waals surface area contributed by atoms with Gasteiger partial charge in [-0.2, -0.15) is 0 Å². The molecule has 0 fully saturated rings. The van der Waals surface area contributed by atoms with E-state index in [9.17, 15) is 14.7 Å². The lowest BCUT2D eigenvalue weighted by Gasteiger charge is -2.11. The standard InChI is InChI=1S/C13H13N3O4/c17-9(8-4-2-1-3-5-8)6-14-12(18)10-11(13(19)20)16-7-15-10/h1-5,7,9,17H,6H2,(H,14,18)(H,15,16)(H,19,20). The smallest absolute Gasteiger partial charge is 0.354 e. The monoisotopic (exact) mass is 275 g/mol. The van der Waals surface area contributed by atoms with Gasteiger partial charge >= 0.3 is 5.97 Å². The lowest BCUT2D eigenvalue weighted by Crippen LogP contribution is -2.29. The van der Waals surface area contributed by atoms with Gasteiger partial charge in [-0.1, -0.05) is 30.3 Å². The molecule has 0 spiro atoms. The number of rotatable bonds is 5. The number of aliphatic hydroxyl groups is 1. The van der Waals surface area contributed by atoms with Crippen LogP contribution in [0, 0.1) is 0 Å². The Kier molecular flexibility index (Phi) is 4.11. The third kappa shape index (κ3) is 3.01. The molecular weight excluding hydrogens is 262 g/mol. The van der Waals surface area contributed by atoms with E-state index < -0.39 is 18.0 Å². The van der Waals surface area contributed by atoms with Gasteiger partial charge in [0.25, 0.3) is 5.91 Å². The number of aliphatic hydroxyl groups excluding tert-OH is 1. The van der Waals surface area contributed by atoms with Crippen molar-refractivity contribution in [3.8, 4) is 0 Å². The molecule has 1 amide bonds. The van der Waals surface area contributed by atoms with Crippen LogP contribution in [0.25, 0.3) is 0 Å². The topological polar surface area (TPSA) is 115 Å². The van der Waals surface area contributed by atoms with Crippen LogP contribution in [-0.4, -0.2) is 38.6 Å². The van der Waals surface area contributed by atoms with Gasteiger partial charge in [0.05, 0.1) is 12.4 Å². The Morgan fingerprint density at radius 1 is 1.30 bits per heavy atom. The maximum atomic E-state index is 11.8. The van der Waals surface area contributed by atoms with E-state index in [-0.39, 0.29) is 17.9 Å². The Morgan fingerprint density at radius 2 is 2.00 bits per heavy atom. The van der Waals surface area contributed by atoms with Crippen LogP contribution >= 0.6 is 0 Å². The Labute approximate surface area is 114 Å². The molecule has 104 valence electrons. The molecule has 0 saturated carbocycles. The molecule has 1 aromatic carbocycles. The molecule has 4 N–H and O–H groups in total. The van der Waals surface area contributed by atoms with Gasteiger partial charge in [0.2, 0.25) is 0 Å². The van der Waals surface area contributed by atoms with E-state index in [1.54, 1.807) is 24.3 Å². The zero-order valence-electron chi connectivity index (χ0n) is 10.4. The number of carboxylic acid groups (broad SMARTS) is 1. The number of aromatic amines is 1. The first-order valence-electron chi connectivity index (χ1n) is 5.87. The van der Waals surface area contributed by atoms with Crippen LogP contribution in [0.4, 0.5) is 0 Å². The first-order chi connectivity index (χ1) is 9.59. The van der Waals surface area contributed by atoms with Crippen LogP contribution in [0.1, 0.15) is 32.6 Å². The Balaban J connectivity index is 1.99. The Morgan fingerprint density at radius 3 is 2.65 bits per heavy atom. The number of imidazole rings is 1. The largest absolute Gasteiger partial charge is 0.477 e. The predicted octanol–water partition coefficient (Wildman–Crippen LogP) is 0.571. The number of benzene rings is 1. The van der Waals surface area contributed by atoms with E-state index in [4.69, 9.17) is 5.11 Å². The minimum absolute atomic E-state index is 0.0330. The number of nitrogens with zero attached hydrogens (tertiary/aromatic N) is 1. The second-order valence-electron chi connectivity index (χ2n) is 4.07. The van der Waals surface area contributed by atoms with Gasteiger partial charge in [0, 0.05) is 6.54 Å². The maximum absolute atomic E-state index is 11.8. The summed E-state index contributed by atoms with van der Waals surface area (Å²) in [4.78, 5) is 28.7. The fourth-order valence-electron chi connectivity index (χ4n) is 1.70. The van der Waals surface area contributed by atoms with E-state index in [0.29, 0.717) is 5.56 Å². The summed E-state index contributed by atoms with van der Waals surface area (Å²) in [5.74, 6) is -1.92. The van der Waals surface area contributed by atoms with Crippen molar-refractivity contribution in [1.82, 2.24) is 15.3 Å². The molecule has 2 rings (SSSR count). The summed E-state index contributed by atoms with van der Waals surface area (Å²) < 4.78 is 0. The minimum Gasteiger partial charge on any atom is -0.477 e. The SMILES string of the molecule is O=C(NCC(O)c1ccccc1)c1nc[nH]c1C(=O)O. The zero-order valence-corrected chi connectivity index (χ0v) is 10.4. The van der Waals surface area contributed by atoms with E-state index in [0.717, 1.165) is 6.33 Å². The summed E-state index contributed by atoms with van der Waals surface area (Å²) in [5, 5.41) is 21.2. The predicted molar refractivity (Wildman–Crippen MR) is 69.3 cm³/mol. The van der Waals surface area contributed by atoms with Gasteiger partial charge in [-0.05, 0) is 5.56 Å². The first kappa shape index (κ1) is 13.8. The molecule has 0 saturated heterocycles. The number of carboxylic acids is 1. The highest BCUT2D eigenvalue weighted by Gasteiger charge is 2.20. The van der Waals surface area contributed by atoms with E-state index in [1.807, 2.05) is 6.07 Å². The number of nitrogens with one attached hydrogen (secondary N) is 2. The van der Waals surface area contributed by atoms with Crippen molar-refractivity contribution in [2.24, 2.45) is 0 Å². The van der Waals surface area contributed by atoms with E-state index in [2.05, 4.69) is 15.3 Å². The van der Waals surface area contributed by atoms with Gasteiger partial charge < -0.3 is 20.5 Å². The fraction of sp³-hybridized carbons (Fsp3) is 0.154. The van der Waals surface area contributed by atoms with Gasteiger partial charge in [-0.25, -0.2) is 9.78 Å². The average molecular weight is 275 g/mol. The summed E-state index contributed by atoms with van der Waals surface area (Å²) in [7, 11) is 0. The van der Waals surface area contributed by atoms with Crippen molar-refractivity contribution in [3.05, 3.63) is 53.6 Å². The van der Waals surface area contributed by atoms with Crippen LogP contribution < -0.4 is 5.32 Å². The van der Waals surface area contributed by atoms with Crippen molar-refractivity contribution in [2.45, 2.75) is 6.10 Å². The van der Waals surface area contributed by atoms with Crippen molar-refractivity contribution < 1.29 is 19.8 Å². The number of H-pyrrole nitrogens is 1. The molecule has 0 aliphatic heterocycles. The molecule has 2 aromatic rings. The van der Waals surface area contributed by atoms with Crippen LogP contribution in [0.15, 0.2) is 36.7 Å². The molecule has 0 bridgehead atoms. The number of hydrogen-bond acceptors (Lipinski definition) is 4. The Bertz CT molecular complexity index is 609. The van der Waals surface area contributed by atoms with Crippen LogP contribution in [-0.2, 0) is 0 Å². The zero-order chi connectivity index (χ0) is 14.5. The van der Waals surface area contributed by atoms with Crippen LogP contribution in [0.3, 0.4) is 0 Å². The van der Waals surface area contributed by atoms with Crippen molar-refractivity contribution in [1.29, 1.82) is 0 Å². The molecule has 0 aliphatic rings. The third-order valence-corrected chi connectivity index (χ3v) is 2.71. The Hall–Kier alpha value is -2.67. The molecule has 0 aliphatic carbocycles. The van der Waals surface area contributed by atoms with E-state index in [1.165, 1.54) is 0 Å². The molecule has 20 heavy (non-hydrogen) atoms. The van der Waals surface area contributed by atoms with Gasteiger partial charge in [-0.15, -0.1) is 0 Å². The first-order valence-corrected chi connectivity index (χ1v) is 5.87. The summed E-state index contributed by atoms with van der Waals surface area (Å²) in [6.07, 6.45) is 0.263. The molecule has 7 nitrogen and oxygen atoms in total. The normalized spacial score (nSPS) is 11.8. The van der Waals surface area contributed by atoms with Crippen LogP contribution in [0.5, 0.6) is 0 Å². The molecule has 1 heterocycles.